The molecule has 0 fully saturated rings. The molecule has 0 bridgehead atoms. The highest BCUT2D eigenvalue weighted by molar-refractivity contribution is 5.65. The molecule has 0 radical (unpaired) electrons. The Morgan fingerprint density at radius 1 is 1.45 bits per heavy atom. The van der Waals surface area contributed by atoms with Gasteiger partial charge >= 0.3 is 5.97 Å². The Hall–Kier alpha value is -1.55. The predicted molar refractivity (Wildman–Crippen MR) is 79.6 cm³/mol. The summed E-state index contributed by atoms with van der Waals surface area (Å²) in [5.41, 5.74) is 1.78. The number of hydrogen-bond acceptors (Lipinski definition) is 4. The summed E-state index contributed by atoms with van der Waals surface area (Å²) < 4.78 is 5.13. The molecule has 1 aromatic carbocycles. The topological polar surface area (TPSA) is 49.8 Å². The largest absolute Gasteiger partial charge is 0.507 e. The first kappa shape index (κ1) is 16.5. The van der Waals surface area contributed by atoms with Crippen LogP contribution >= 0.6 is 0 Å². The molecular formula is C16H25NO3. The normalized spacial score (nSPS) is 12.4. The lowest BCUT2D eigenvalue weighted by Crippen LogP contribution is -2.35. The molecule has 1 N–H and O–H groups in total. The first-order chi connectivity index (χ1) is 9.45. The second-order valence-corrected chi connectivity index (χ2v) is 5.24. The fraction of sp³-hybridized carbons (Fsp3) is 0.562. The highest BCUT2D eigenvalue weighted by atomic mass is 16.5. The van der Waals surface area contributed by atoms with Crippen LogP contribution < -0.4 is 0 Å². The van der Waals surface area contributed by atoms with Gasteiger partial charge in [-0.1, -0.05) is 31.5 Å². The van der Waals surface area contributed by atoms with Gasteiger partial charge in [0.25, 0.3) is 0 Å². The first-order valence-electron chi connectivity index (χ1n) is 7.06. The molecule has 4 heteroatoms. The molecule has 1 atom stereocenters. The fourth-order valence-electron chi connectivity index (χ4n) is 2.22. The monoisotopic (exact) mass is 279 g/mol. The van der Waals surface area contributed by atoms with Crippen LogP contribution in [-0.4, -0.2) is 35.7 Å². The van der Waals surface area contributed by atoms with Crippen molar-refractivity contribution in [3.63, 3.8) is 0 Å². The summed E-state index contributed by atoms with van der Waals surface area (Å²) in [5, 5.41) is 10.1. The van der Waals surface area contributed by atoms with Gasteiger partial charge in [0.2, 0.25) is 0 Å². The minimum Gasteiger partial charge on any atom is -0.507 e. The van der Waals surface area contributed by atoms with E-state index >= 15 is 0 Å². The van der Waals surface area contributed by atoms with E-state index in [9.17, 15) is 9.90 Å². The minimum atomic E-state index is -0.252. The van der Waals surface area contributed by atoms with E-state index in [1.807, 2.05) is 32.2 Å². The number of ether oxygens (including phenoxy) is 1. The molecule has 0 spiro atoms. The highest BCUT2D eigenvalue weighted by Crippen LogP contribution is 2.23. The zero-order chi connectivity index (χ0) is 15.1. The van der Waals surface area contributed by atoms with E-state index in [2.05, 4.69) is 11.8 Å². The van der Waals surface area contributed by atoms with Gasteiger partial charge < -0.3 is 9.84 Å². The Bertz CT molecular complexity index is 445. The van der Waals surface area contributed by atoms with Crippen molar-refractivity contribution in [1.82, 2.24) is 4.90 Å². The summed E-state index contributed by atoms with van der Waals surface area (Å²) >= 11 is 0. The van der Waals surface area contributed by atoms with E-state index in [-0.39, 0.29) is 12.0 Å². The number of aromatic hydroxyl groups is 1. The number of benzene rings is 1. The summed E-state index contributed by atoms with van der Waals surface area (Å²) in [5.74, 6) is 0.0972. The van der Waals surface area contributed by atoms with Crippen LogP contribution in [0.5, 0.6) is 5.75 Å². The van der Waals surface area contributed by atoms with Crippen molar-refractivity contribution < 1.29 is 14.6 Å². The average Bonchev–Trinajstić information content (AvgIpc) is 2.39. The van der Waals surface area contributed by atoms with Crippen molar-refractivity contribution in [3.05, 3.63) is 29.3 Å². The number of phenols is 1. The SMILES string of the molecule is CCCC(COC(C)=O)N(C)Cc1cccc(C)c1O. The van der Waals surface area contributed by atoms with E-state index in [1.54, 1.807) is 0 Å². The maximum atomic E-state index is 11.0. The van der Waals surface area contributed by atoms with Crippen molar-refractivity contribution in [2.24, 2.45) is 0 Å². The van der Waals surface area contributed by atoms with Gasteiger partial charge in [-0.05, 0) is 26.0 Å². The lowest BCUT2D eigenvalue weighted by Gasteiger charge is -2.27. The number of para-hydroxylation sites is 1. The summed E-state index contributed by atoms with van der Waals surface area (Å²) in [6.07, 6.45) is 1.98. The molecule has 20 heavy (non-hydrogen) atoms. The Labute approximate surface area is 121 Å². The summed E-state index contributed by atoms with van der Waals surface area (Å²) in [4.78, 5) is 13.1. The average molecular weight is 279 g/mol. The van der Waals surface area contributed by atoms with E-state index in [4.69, 9.17) is 4.74 Å². The molecule has 4 nitrogen and oxygen atoms in total. The van der Waals surface area contributed by atoms with E-state index in [0.717, 1.165) is 24.0 Å². The zero-order valence-electron chi connectivity index (χ0n) is 12.8. The third-order valence-corrected chi connectivity index (χ3v) is 3.47. The number of aryl methyl sites for hydroxylation is 1. The molecule has 0 aromatic heterocycles. The van der Waals surface area contributed by atoms with Crippen LogP contribution in [0.3, 0.4) is 0 Å². The Morgan fingerprint density at radius 3 is 2.75 bits per heavy atom. The van der Waals surface area contributed by atoms with Crippen LogP contribution in [-0.2, 0) is 16.1 Å². The van der Waals surface area contributed by atoms with Crippen LogP contribution in [0.2, 0.25) is 0 Å². The van der Waals surface area contributed by atoms with Crippen LogP contribution in [0.4, 0.5) is 0 Å². The lowest BCUT2D eigenvalue weighted by molar-refractivity contribution is -0.142. The van der Waals surface area contributed by atoms with Gasteiger partial charge in [-0.2, -0.15) is 0 Å². The Balaban J connectivity index is 2.71. The molecular weight excluding hydrogens is 254 g/mol. The molecule has 1 rings (SSSR count). The standard InChI is InChI=1S/C16H25NO3/c1-5-7-15(11-20-13(3)18)17(4)10-14-9-6-8-12(2)16(14)19/h6,8-9,15,19H,5,7,10-11H2,1-4H3. The van der Waals surface area contributed by atoms with Crippen molar-refractivity contribution >= 4 is 5.97 Å². The van der Waals surface area contributed by atoms with Crippen molar-refractivity contribution in [2.75, 3.05) is 13.7 Å². The van der Waals surface area contributed by atoms with E-state index < -0.39 is 0 Å². The number of rotatable bonds is 7. The second-order valence-electron chi connectivity index (χ2n) is 5.24. The molecule has 0 saturated carbocycles. The maximum Gasteiger partial charge on any atom is 0.302 e. The van der Waals surface area contributed by atoms with Gasteiger partial charge in [0.05, 0.1) is 0 Å². The number of nitrogens with zero attached hydrogens (tertiary/aromatic N) is 1. The zero-order valence-corrected chi connectivity index (χ0v) is 12.8. The van der Waals surface area contributed by atoms with Crippen LogP contribution in [0.1, 0.15) is 37.8 Å². The van der Waals surface area contributed by atoms with E-state index in [0.29, 0.717) is 18.9 Å². The molecule has 1 unspecified atom stereocenters. The first-order valence-corrected chi connectivity index (χ1v) is 7.06. The fourth-order valence-corrected chi connectivity index (χ4v) is 2.22. The lowest BCUT2D eigenvalue weighted by atomic mass is 10.1. The molecule has 0 heterocycles. The summed E-state index contributed by atoms with van der Waals surface area (Å²) in [7, 11) is 1.99. The predicted octanol–water partition coefficient (Wildman–Crippen LogP) is 2.86. The summed E-state index contributed by atoms with van der Waals surface area (Å²) in [6.45, 7) is 6.46. The Morgan fingerprint density at radius 2 is 2.15 bits per heavy atom. The van der Waals surface area contributed by atoms with Gasteiger partial charge in [-0.15, -0.1) is 0 Å². The highest BCUT2D eigenvalue weighted by Gasteiger charge is 2.17. The number of phenolic OH excluding ortho intramolecular Hbond substituents is 1. The van der Waals surface area contributed by atoms with Gasteiger partial charge in [0.1, 0.15) is 12.4 Å². The number of esters is 1. The number of carbonyl (C=O) groups is 1. The van der Waals surface area contributed by atoms with Crippen LogP contribution in [0.15, 0.2) is 18.2 Å². The molecule has 0 aliphatic rings. The van der Waals surface area contributed by atoms with Crippen molar-refractivity contribution in [2.45, 2.75) is 46.2 Å². The molecule has 0 aliphatic heterocycles. The van der Waals surface area contributed by atoms with Gasteiger partial charge in [-0.25, -0.2) is 0 Å². The summed E-state index contributed by atoms with van der Waals surface area (Å²) in [6, 6.07) is 5.93. The van der Waals surface area contributed by atoms with Crippen molar-refractivity contribution in [3.8, 4) is 5.75 Å². The maximum absolute atomic E-state index is 11.0. The molecule has 112 valence electrons. The minimum absolute atomic E-state index is 0.170. The molecule has 0 aliphatic carbocycles. The van der Waals surface area contributed by atoms with Gasteiger partial charge in [0.15, 0.2) is 0 Å². The Kier molecular flexibility index (Phi) is 6.52. The van der Waals surface area contributed by atoms with E-state index in [1.165, 1.54) is 6.92 Å². The molecule has 0 saturated heterocycles. The number of likely N-dealkylation sites (N-methyl/N-ethyl adjacent to an activating group) is 1. The number of hydrogen-bond donors (Lipinski definition) is 1. The third-order valence-electron chi connectivity index (χ3n) is 3.47. The smallest absolute Gasteiger partial charge is 0.302 e. The second kappa shape index (κ2) is 7.90. The van der Waals surface area contributed by atoms with Crippen LogP contribution in [0.25, 0.3) is 0 Å². The third kappa shape index (κ3) is 4.85. The quantitative estimate of drug-likeness (QED) is 0.780. The van der Waals surface area contributed by atoms with Crippen molar-refractivity contribution in [1.29, 1.82) is 0 Å². The van der Waals surface area contributed by atoms with Gasteiger partial charge in [-0.3, -0.25) is 9.69 Å². The number of carbonyl (C=O) groups excluding carboxylic acids is 1. The molecule has 1 aromatic rings. The van der Waals surface area contributed by atoms with Crippen LogP contribution in [0, 0.1) is 6.92 Å². The van der Waals surface area contributed by atoms with Gasteiger partial charge in [0, 0.05) is 25.1 Å². The molecule has 0 amide bonds.